The number of carbonyl (C=O) groups is 2. The van der Waals surface area contributed by atoms with Crippen molar-refractivity contribution in [3.8, 4) is 0 Å². The average Bonchev–Trinajstić information content (AvgIpc) is 3.18. The first-order chi connectivity index (χ1) is 10.1. The van der Waals surface area contributed by atoms with Crippen LogP contribution in [0.15, 0.2) is 22.7 Å². The maximum Gasteiger partial charge on any atom is 0.299 e. The van der Waals surface area contributed by atoms with E-state index in [4.69, 9.17) is 4.52 Å². The van der Waals surface area contributed by atoms with Gasteiger partial charge in [-0.1, -0.05) is 17.3 Å². The molecule has 2 aromatic rings. The number of benzene rings is 1. The number of aromatic nitrogens is 2. The molecule has 1 aliphatic carbocycles. The SMILES string of the molecule is Cc1cccc2c1N(Cc1nc(C3CC3)no1)C(=O)C2=O. The predicted molar refractivity (Wildman–Crippen MR) is 73.0 cm³/mol. The van der Waals surface area contributed by atoms with Gasteiger partial charge in [-0.3, -0.25) is 14.5 Å². The van der Waals surface area contributed by atoms with Crippen molar-refractivity contribution in [2.24, 2.45) is 0 Å². The fourth-order valence-corrected chi connectivity index (χ4v) is 2.67. The van der Waals surface area contributed by atoms with Gasteiger partial charge in [0, 0.05) is 5.92 Å². The summed E-state index contributed by atoms with van der Waals surface area (Å²) in [6, 6.07) is 5.33. The Morgan fingerprint density at radius 2 is 2.14 bits per heavy atom. The lowest BCUT2D eigenvalue weighted by atomic mass is 10.1. The van der Waals surface area contributed by atoms with Gasteiger partial charge in [-0.15, -0.1) is 0 Å². The van der Waals surface area contributed by atoms with Gasteiger partial charge in [0.1, 0.15) is 6.54 Å². The minimum atomic E-state index is -0.537. The maximum atomic E-state index is 12.2. The first-order valence-electron chi connectivity index (χ1n) is 6.93. The van der Waals surface area contributed by atoms with Crippen molar-refractivity contribution in [3.05, 3.63) is 41.0 Å². The van der Waals surface area contributed by atoms with E-state index in [9.17, 15) is 9.59 Å². The molecule has 0 spiro atoms. The van der Waals surface area contributed by atoms with Crippen molar-refractivity contribution in [1.82, 2.24) is 10.1 Å². The summed E-state index contributed by atoms with van der Waals surface area (Å²) in [6.45, 7) is 2.02. The molecule has 0 saturated heterocycles. The molecule has 0 unspecified atom stereocenters. The summed E-state index contributed by atoms with van der Waals surface area (Å²) in [7, 11) is 0. The van der Waals surface area contributed by atoms with Gasteiger partial charge in [-0.05, 0) is 31.4 Å². The molecule has 1 fully saturated rings. The second-order valence-electron chi connectivity index (χ2n) is 5.51. The van der Waals surface area contributed by atoms with Gasteiger partial charge < -0.3 is 4.52 Å². The van der Waals surface area contributed by atoms with Crippen molar-refractivity contribution in [2.45, 2.75) is 32.2 Å². The highest BCUT2D eigenvalue weighted by Gasteiger charge is 2.38. The molecule has 2 aliphatic rings. The van der Waals surface area contributed by atoms with Crippen LogP contribution in [0, 0.1) is 6.92 Å². The molecular weight excluding hydrogens is 270 g/mol. The number of rotatable bonds is 3. The predicted octanol–water partition coefficient (Wildman–Crippen LogP) is 1.98. The van der Waals surface area contributed by atoms with Crippen molar-refractivity contribution in [2.75, 3.05) is 4.90 Å². The zero-order valence-corrected chi connectivity index (χ0v) is 11.5. The van der Waals surface area contributed by atoms with Crippen molar-refractivity contribution in [3.63, 3.8) is 0 Å². The average molecular weight is 283 g/mol. The van der Waals surface area contributed by atoms with E-state index in [1.807, 2.05) is 13.0 Å². The van der Waals surface area contributed by atoms with Crippen molar-refractivity contribution >= 4 is 17.4 Å². The first kappa shape index (κ1) is 12.3. The van der Waals surface area contributed by atoms with E-state index in [0.29, 0.717) is 28.9 Å². The highest BCUT2D eigenvalue weighted by Crippen LogP contribution is 2.38. The quantitative estimate of drug-likeness (QED) is 0.805. The zero-order chi connectivity index (χ0) is 14.6. The zero-order valence-electron chi connectivity index (χ0n) is 11.5. The van der Waals surface area contributed by atoms with Gasteiger partial charge in [0.2, 0.25) is 5.89 Å². The van der Waals surface area contributed by atoms with E-state index in [0.717, 1.165) is 18.4 Å². The molecule has 106 valence electrons. The third-order valence-electron chi connectivity index (χ3n) is 3.91. The van der Waals surface area contributed by atoms with E-state index < -0.39 is 11.7 Å². The van der Waals surface area contributed by atoms with Crippen LogP contribution >= 0.6 is 0 Å². The molecule has 1 saturated carbocycles. The Bertz CT molecular complexity index is 761. The summed E-state index contributed by atoms with van der Waals surface area (Å²) in [6.07, 6.45) is 2.17. The van der Waals surface area contributed by atoms with Gasteiger partial charge in [0.05, 0.1) is 11.3 Å². The lowest BCUT2D eigenvalue weighted by Gasteiger charge is -2.15. The lowest BCUT2D eigenvalue weighted by molar-refractivity contribution is -0.114. The Labute approximate surface area is 120 Å². The molecule has 1 amide bonds. The summed E-state index contributed by atoms with van der Waals surface area (Å²) in [5.41, 5.74) is 1.98. The molecule has 6 heteroatoms. The van der Waals surface area contributed by atoms with Gasteiger partial charge in [0.25, 0.3) is 11.7 Å². The van der Waals surface area contributed by atoms with E-state index in [-0.39, 0.29) is 6.54 Å². The number of ketones is 1. The van der Waals surface area contributed by atoms with Crippen LogP contribution in [0.1, 0.15) is 46.4 Å². The Balaban J connectivity index is 1.68. The fraction of sp³-hybridized carbons (Fsp3) is 0.333. The topological polar surface area (TPSA) is 76.3 Å². The Kier molecular flexibility index (Phi) is 2.48. The molecule has 0 radical (unpaired) electrons. The molecule has 2 heterocycles. The van der Waals surface area contributed by atoms with Crippen LogP contribution in [0.25, 0.3) is 0 Å². The van der Waals surface area contributed by atoms with E-state index in [1.54, 1.807) is 12.1 Å². The highest BCUT2D eigenvalue weighted by molar-refractivity contribution is 6.52. The monoisotopic (exact) mass is 283 g/mol. The van der Waals surface area contributed by atoms with Crippen LogP contribution in [0.3, 0.4) is 0 Å². The molecule has 1 aromatic carbocycles. The van der Waals surface area contributed by atoms with E-state index >= 15 is 0 Å². The third-order valence-corrected chi connectivity index (χ3v) is 3.91. The lowest BCUT2D eigenvalue weighted by Crippen LogP contribution is -2.29. The van der Waals surface area contributed by atoms with Crippen LogP contribution in [0.4, 0.5) is 5.69 Å². The van der Waals surface area contributed by atoms with E-state index in [2.05, 4.69) is 10.1 Å². The minimum absolute atomic E-state index is 0.141. The minimum Gasteiger partial charge on any atom is -0.337 e. The number of anilines is 1. The number of carbonyl (C=O) groups excluding carboxylic acids is 2. The standard InChI is InChI=1S/C15H13N3O3/c1-8-3-2-4-10-12(8)18(15(20)13(10)19)7-11-16-14(17-21-11)9-5-6-9/h2-4,9H,5-7H2,1H3. The molecular formula is C15H13N3O3. The number of fused-ring (bicyclic) bond motifs is 1. The van der Waals surface area contributed by atoms with Crippen LogP contribution in [-0.2, 0) is 11.3 Å². The second kappa shape index (κ2) is 4.25. The summed E-state index contributed by atoms with van der Waals surface area (Å²) in [5, 5.41) is 3.93. The number of Topliss-reactive ketones (excluding diaryl/α,β-unsaturated/α-hetero) is 1. The normalized spacial score (nSPS) is 17.5. The van der Waals surface area contributed by atoms with Gasteiger partial charge >= 0.3 is 0 Å². The molecule has 0 N–H and O–H groups in total. The molecule has 21 heavy (non-hydrogen) atoms. The summed E-state index contributed by atoms with van der Waals surface area (Å²) < 4.78 is 5.20. The Hall–Kier alpha value is -2.50. The summed E-state index contributed by atoms with van der Waals surface area (Å²) in [5.74, 6) is 0.454. The van der Waals surface area contributed by atoms with Crippen LogP contribution in [0.2, 0.25) is 0 Å². The smallest absolute Gasteiger partial charge is 0.299 e. The van der Waals surface area contributed by atoms with Crippen LogP contribution in [0.5, 0.6) is 0 Å². The van der Waals surface area contributed by atoms with Crippen LogP contribution < -0.4 is 4.90 Å². The molecule has 4 rings (SSSR count). The summed E-state index contributed by atoms with van der Waals surface area (Å²) in [4.78, 5) is 29.9. The number of amides is 1. The Morgan fingerprint density at radius 3 is 2.90 bits per heavy atom. The first-order valence-corrected chi connectivity index (χ1v) is 6.93. The number of hydrogen-bond donors (Lipinski definition) is 0. The number of hydrogen-bond acceptors (Lipinski definition) is 5. The summed E-state index contributed by atoms with van der Waals surface area (Å²) >= 11 is 0. The third kappa shape index (κ3) is 1.86. The Morgan fingerprint density at radius 1 is 1.33 bits per heavy atom. The van der Waals surface area contributed by atoms with Gasteiger partial charge in [0.15, 0.2) is 5.82 Å². The molecule has 6 nitrogen and oxygen atoms in total. The van der Waals surface area contributed by atoms with E-state index in [1.165, 1.54) is 4.90 Å². The second-order valence-corrected chi connectivity index (χ2v) is 5.51. The highest BCUT2D eigenvalue weighted by atomic mass is 16.5. The number of nitrogens with zero attached hydrogens (tertiary/aromatic N) is 3. The molecule has 0 bridgehead atoms. The van der Waals surface area contributed by atoms with Crippen LogP contribution in [-0.4, -0.2) is 21.8 Å². The molecule has 1 aromatic heterocycles. The fourth-order valence-electron chi connectivity index (χ4n) is 2.67. The number of aryl methyl sites for hydroxylation is 1. The van der Waals surface area contributed by atoms with Gasteiger partial charge in [-0.25, -0.2) is 0 Å². The number of para-hydroxylation sites is 1. The molecule has 0 atom stereocenters. The van der Waals surface area contributed by atoms with Crippen molar-refractivity contribution in [1.29, 1.82) is 0 Å². The van der Waals surface area contributed by atoms with Crippen molar-refractivity contribution < 1.29 is 14.1 Å². The van der Waals surface area contributed by atoms with Gasteiger partial charge in [-0.2, -0.15) is 4.98 Å². The largest absolute Gasteiger partial charge is 0.337 e. The molecule has 1 aliphatic heterocycles. The maximum absolute atomic E-state index is 12.2.